The van der Waals surface area contributed by atoms with Crippen molar-refractivity contribution in [2.45, 2.75) is 79.1 Å². The smallest absolute Gasteiger partial charge is 0.373 e. The van der Waals surface area contributed by atoms with Crippen LogP contribution in [0.2, 0.25) is 0 Å². The number of esters is 1. The van der Waals surface area contributed by atoms with E-state index < -0.39 is 29.4 Å². The minimum absolute atomic E-state index is 0.00409. The van der Waals surface area contributed by atoms with Crippen molar-refractivity contribution in [3.05, 3.63) is 71.2 Å². The lowest BCUT2D eigenvalue weighted by Gasteiger charge is -2.29. The highest BCUT2D eigenvalue weighted by atomic mass is 35.5. The van der Waals surface area contributed by atoms with Gasteiger partial charge in [0.05, 0.1) is 13.2 Å². The predicted molar refractivity (Wildman–Crippen MR) is 154 cm³/mol. The van der Waals surface area contributed by atoms with Gasteiger partial charge in [0.1, 0.15) is 12.1 Å². The van der Waals surface area contributed by atoms with Crippen molar-refractivity contribution >= 4 is 29.4 Å². The van der Waals surface area contributed by atoms with E-state index in [1.165, 1.54) is 19.4 Å². The fourth-order valence-electron chi connectivity index (χ4n) is 3.68. The van der Waals surface area contributed by atoms with Gasteiger partial charge in [-0.25, -0.2) is 4.79 Å². The van der Waals surface area contributed by atoms with Gasteiger partial charge >= 0.3 is 5.97 Å². The second-order valence-corrected chi connectivity index (χ2v) is 11.2. The Balaban J connectivity index is 2.64. The van der Waals surface area contributed by atoms with Crippen molar-refractivity contribution in [1.82, 2.24) is 10.6 Å². The molecule has 0 aliphatic carbocycles. The maximum absolute atomic E-state index is 12.7. The van der Waals surface area contributed by atoms with Gasteiger partial charge < -0.3 is 25.2 Å². The Morgan fingerprint density at radius 1 is 1.23 bits per heavy atom. The molecule has 0 bridgehead atoms. The lowest BCUT2D eigenvalue weighted by molar-refractivity contribution is -0.151. The molecule has 3 N–H and O–H groups in total. The highest BCUT2D eigenvalue weighted by Crippen LogP contribution is 2.23. The molecule has 1 aliphatic heterocycles. The molecular formula is C30H43ClN2O6. The van der Waals surface area contributed by atoms with Crippen LogP contribution in [0, 0.1) is 11.3 Å². The number of allylic oxidation sites excluding steroid dienone is 5. The zero-order chi connectivity index (χ0) is 29.6. The van der Waals surface area contributed by atoms with Crippen LogP contribution in [-0.2, 0) is 23.9 Å². The topological polar surface area (TPSA) is 114 Å². The summed E-state index contributed by atoms with van der Waals surface area (Å²) in [5.74, 6) is -0.991. The highest BCUT2D eigenvalue weighted by Gasteiger charge is 2.32. The fraction of sp³-hybridized carbons (Fsp3) is 0.500. The number of carbonyl (C=O) groups is 3. The van der Waals surface area contributed by atoms with Crippen molar-refractivity contribution < 1.29 is 29.0 Å². The number of methoxy groups -OCH3 is 1. The van der Waals surface area contributed by atoms with Crippen molar-refractivity contribution in [2.75, 3.05) is 7.11 Å². The third-order valence-corrected chi connectivity index (χ3v) is 6.04. The summed E-state index contributed by atoms with van der Waals surface area (Å²) >= 11 is 5.77. The first-order valence-electron chi connectivity index (χ1n) is 13.0. The molecule has 0 radical (unpaired) electrons. The Morgan fingerprint density at radius 2 is 1.90 bits per heavy atom. The number of rotatable bonds is 13. The zero-order valence-electron chi connectivity index (χ0n) is 24.0. The van der Waals surface area contributed by atoms with Gasteiger partial charge in [-0.3, -0.25) is 9.59 Å². The number of cyclic esters (lactones) is 1. The first-order valence-corrected chi connectivity index (χ1v) is 13.4. The molecule has 0 aromatic heterocycles. The molecule has 0 unspecified atom stereocenters. The number of carbonyl (C=O) groups excluding carboxylic acids is 3. The minimum atomic E-state index is -0.775. The largest absolute Gasteiger partial charge is 0.490 e. The molecule has 9 heteroatoms. The van der Waals surface area contributed by atoms with Crippen LogP contribution < -0.4 is 10.6 Å². The third-order valence-electron chi connectivity index (χ3n) is 5.88. The maximum atomic E-state index is 12.7. The first-order chi connectivity index (χ1) is 18.2. The van der Waals surface area contributed by atoms with Gasteiger partial charge in [-0.15, -0.1) is 0 Å². The third kappa shape index (κ3) is 13.5. The predicted octanol–water partition coefficient (Wildman–Crippen LogP) is 4.97. The quantitative estimate of drug-likeness (QED) is 0.166. The molecule has 0 aromatic carbocycles. The molecule has 1 heterocycles. The van der Waals surface area contributed by atoms with E-state index in [1.807, 2.05) is 46.8 Å². The van der Waals surface area contributed by atoms with E-state index in [0.29, 0.717) is 24.3 Å². The van der Waals surface area contributed by atoms with Crippen molar-refractivity contribution in [2.24, 2.45) is 11.3 Å². The number of halogens is 1. The van der Waals surface area contributed by atoms with E-state index in [2.05, 4.69) is 10.6 Å². The molecule has 0 fully saturated rings. The van der Waals surface area contributed by atoms with E-state index in [1.54, 1.807) is 37.3 Å². The molecule has 0 spiro atoms. The standard InChI is InChI=1S/C30H43ClN2O6/c1-20(19-21(2)24-16-17-25(38-7)29(37)39-24)11-8-9-13-26(35)33-27(30(4,5)6)28(36)32-18-10-12-23(34)15-14-22(3)31/h8-11,13-14,17-19,21,23-24,27,34H,12,15-16H2,1-7H3,(H,32,36)(H,33,35)/b11-8-,13-9+,18-10-,20-19+,22-14+/t21-,23+,24-,27+/m0/s1. The molecule has 0 saturated carbocycles. The average Bonchev–Trinajstić information content (AvgIpc) is 2.85. The molecule has 0 aromatic rings. The van der Waals surface area contributed by atoms with Gasteiger partial charge in [0, 0.05) is 23.4 Å². The molecule has 0 saturated heterocycles. The van der Waals surface area contributed by atoms with E-state index in [9.17, 15) is 19.5 Å². The summed E-state index contributed by atoms with van der Waals surface area (Å²) in [7, 11) is 1.44. The number of amides is 2. The maximum Gasteiger partial charge on any atom is 0.373 e. The summed E-state index contributed by atoms with van der Waals surface area (Å²) in [6.07, 6.45) is 15.6. The van der Waals surface area contributed by atoms with Crippen LogP contribution >= 0.6 is 11.6 Å². The van der Waals surface area contributed by atoms with Crippen LogP contribution in [0.15, 0.2) is 71.2 Å². The van der Waals surface area contributed by atoms with Gasteiger partial charge in [0.15, 0.2) is 5.76 Å². The molecule has 2 amide bonds. The van der Waals surface area contributed by atoms with Crippen molar-refractivity contribution in [3.8, 4) is 0 Å². The average molecular weight is 563 g/mol. The van der Waals surface area contributed by atoms with Crippen LogP contribution in [0.25, 0.3) is 0 Å². The first kappa shape index (κ1) is 33.9. The van der Waals surface area contributed by atoms with Gasteiger partial charge in [0.25, 0.3) is 0 Å². The highest BCUT2D eigenvalue weighted by molar-refractivity contribution is 6.29. The second kappa shape index (κ2) is 16.8. The van der Waals surface area contributed by atoms with Crippen LogP contribution in [0.5, 0.6) is 0 Å². The van der Waals surface area contributed by atoms with Gasteiger partial charge in [-0.2, -0.15) is 0 Å². The summed E-state index contributed by atoms with van der Waals surface area (Å²) in [6, 6.07) is -0.775. The van der Waals surface area contributed by atoms with Crippen LogP contribution in [0.1, 0.15) is 60.8 Å². The number of hydrogen-bond donors (Lipinski definition) is 3. The molecule has 1 rings (SSSR count). The summed E-state index contributed by atoms with van der Waals surface area (Å²) in [5.41, 5.74) is 0.416. The van der Waals surface area contributed by atoms with Crippen LogP contribution in [0.4, 0.5) is 0 Å². The van der Waals surface area contributed by atoms with Gasteiger partial charge in [-0.05, 0) is 44.4 Å². The number of nitrogens with one attached hydrogen (secondary N) is 2. The fourth-order valence-corrected chi connectivity index (χ4v) is 3.77. The normalized spacial score (nSPS) is 19.6. The second-order valence-electron chi connectivity index (χ2n) is 10.6. The SMILES string of the molecule is COC1=CC[C@@H]([C@@H](C)/C=C(C)/C=C\C=C\C(=O)N[C@H](C(=O)N/C=C\C[C@@H](O)C/C=C(\C)Cl)C(C)(C)C)OC1=O. The van der Waals surface area contributed by atoms with Crippen molar-refractivity contribution in [3.63, 3.8) is 0 Å². The van der Waals surface area contributed by atoms with Crippen LogP contribution in [-0.4, -0.2) is 48.2 Å². The Hall–Kier alpha value is -3.10. The lowest BCUT2D eigenvalue weighted by Crippen LogP contribution is -2.52. The zero-order valence-corrected chi connectivity index (χ0v) is 24.7. The molecule has 8 nitrogen and oxygen atoms in total. The number of ether oxygens (including phenoxy) is 2. The Kier molecular flexibility index (Phi) is 14.6. The minimum Gasteiger partial charge on any atom is -0.490 e. The van der Waals surface area contributed by atoms with E-state index in [-0.39, 0.29) is 23.7 Å². The number of hydrogen-bond acceptors (Lipinski definition) is 6. The van der Waals surface area contributed by atoms with E-state index in [0.717, 1.165) is 5.57 Å². The summed E-state index contributed by atoms with van der Waals surface area (Å²) in [6.45, 7) is 11.2. The number of aliphatic hydroxyl groups excluding tert-OH is 1. The number of aliphatic hydroxyl groups is 1. The van der Waals surface area contributed by atoms with Gasteiger partial charge in [-0.1, -0.05) is 81.3 Å². The Morgan fingerprint density at radius 3 is 2.49 bits per heavy atom. The molecule has 4 atom stereocenters. The van der Waals surface area contributed by atoms with E-state index in [4.69, 9.17) is 21.1 Å². The monoisotopic (exact) mass is 562 g/mol. The summed E-state index contributed by atoms with van der Waals surface area (Å²) in [4.78, 5) is 37.1. The van der Waals surface area contributed by atoms with E-state index >= 15 is 0 Å². The molecular weight excluding hydrogens is 520 g/mol. The lowest BCUT2D eigenvalue weighted by atomic mass is 9.86. The van der Waals surface area contributed by atoms with Gasteiger partial charge in [0.2, 0.25) is 11.8 Å². The molecule has 1 aliphatic rings. The summed E-state index contributed by atoms with van der Waals surface area (Å²) in [5, 5.41) is 16.0. The Labute approximate surface area is 237 Å². The Bertz CT molecular complexity index is 1030. The van der Waals surface area contributed by atoms with Crippen LogP contribution in [0.3, 0.4) is 0 Å². The summed E-state index contributed by atoms with van der Waals surface area (Å²) < 4.78 is 10.4. The molecule has 39 heavy (non-hydrogen) atoms. The molecule has 216 valence electrons. The van der Waals surface area contributed by atoms with Crippen molar-refractivity contribution in [1.29, 1.82) is 0 Å².